The molecule has 1 fully saturated rings. The summed E-state index contributed by atoms with van der Waals surface area (Å²) in [5.74, 6) is 1.02. The van der Waals surface area contributed by atoms with Gasteiger partial charge in [0.15, 0.2) is 5.78 Å². The molecule has 0 unspecified atom stereocenters. The normalized spacial score (nSPS) is 15.6. The van der Waals surface area contributed by atoms with Gasteiger partial charge in [-0.3, -0.25) is 4.79 Å². The average molecular weight is 188 g/mol. The van der Waals surface area contributed by atoms with Gasteiger partial charge in [0.05, 0.1) is 0 Å². The zero-order valence-corrected chi connectivity index (χ0v) is 8.84. The second-order valence-electron chi connectivity index (χ2n) is 4.34. The largest absolute Gasteiger partial charge is 0.294 e. The lowest BCUT2D eigenvalue weighted by atomic mass is 9.96. The van der Waals surface area contributed by atoms with Crippen molar-refractivity contribution in [2.24, 2.45) is 5.92 Å². The third-order valence-electron chi connectivity index (χ3n) is 2.93. The number of hydrogen-bond acceptors (Lipinski definition) is 1. The molecular formula is C13H16O. The standard InChI is InChI=1S/C13H16O/c1-9-4-3-5-10(2)13(9)12(14)8-11-6-7-11/h3-5,11H,6-8H2,1-2H3. The Morgan fingerprint density at radius 1 is 1.29 bits per heavy atom. The zero-order chi connectivity index (χ0) is 10.1. The Hall–Kier alpha value is -1.11. The lowest BCUT2D eigenvalue weighted by Gasteiger charge is -2.07. The predicted molar refractivity (Wildman–Crippen MR) is 57.6 cm³/mol. The second-order valence-corrected chi connectivity index (χ2v) is 4.34. The van der Waals surface area contributed by atoms with Crippen LogP contribution in [0.5, 0.6) is 0 Å². The molecule has 1 aromatic rings. The molecule has 1 nitrogen and oxygen atoms in total. The Morgan fingerprint density at radius 2 is 1.86 bits per heavy atom. The summed E-state index contributed by atoms with van der Waals surface area (Å²) >= 11 is 0. The van der Waals surface area contributed by atoms with Crippen LogP contribution in [-0.2, 0) is 0 Å². The summed E-state index contributed by atoms with van der Waals surface area (Å²) in [6, 6.07) is 6.05. The SMILES string of the molecule is Cc1cccc(C)c1C(=O)CC1CC1. The van der Waals surface area contributed by atoms with Crippen molar-refractivity contribution in [1.82, 2.24) is 0 Å². The maximum absolute atomic E-state index is 11.9. The van der Waals surface area contributed by atoms with Crippen LogP contribution in [0.3, 0.4) is 0 Å². The summed E-state index contributed by atoms with van der Waals surface area (Å²) in [6.07, 6.45) is 3.25. The quantitative estimate of drug-likeness (QED) is 0.665. The number of ketones is 1. The van der Waals surface area contributed by atoms with Crippen molar-refractivity contribution >= 4 is 5.78 Å². The zero-order valence-electron chi connectivity index (χ0n) is 8.84. The lowest BCUT2D eigenvalue weighted by Crippen LogP contribution is -2.05. The second kappa shape index (κ2) is 3.56. The van der Waals surface area contributed by atoms with E-state index < -0.39 is 0 Å². The molecule has 0 bridgehead atoms. The number of aryl methyl sites for hydroxylation is 2. The highest BCUT2D eigenvalue weighted by Crippen LogP contribution is 2.34. The summed E-state index contributed by atoms with van der Waals surface area (Å²) < 4.78 is 0. The number of carbonyl (C=O) groups excluding carboxylic acids is 1. The van der Waals surface area contributed by atoms with Crippen LogP contribution < -0.4 is 0 Å². The molecular weight excluding hydrogens is 172 g/mol. The fourth-order valence-electron chi connectivity index (χ4n) is 1.94. The third kappa shape index (κ3) is 1.87. The maximum atomic E-state index is 11.9. The van der Waals surface area contributed by atoms with Crippen molar-refractivity contribution < 1.29 is 4.79 Å². The molecule has 1 aliphatic rings. The smallest absolute Gasteiger partial charge is 0.163 e. The van der Waals surface area contributed by atoms with Crippen LogP contribution >= 0.6 is 0 Å². The highest BCUT2D eigenvalue weighted by Gasteiger charge is 2.25. The summed E-state index contributed by atoms with van der Waals surface area (Å²) in [5, 5.41) is 0. The Morgan fingerprint density at radius 3 is 2.36 bits per heavy atom. The van der Waals surface area contributed by atoms with Crippen molar-refractivity contribution in [3.8, 4) is 0 Å². The molecule has 0 aromatic heterocycles. The maximum Gasteiger partial charge on any atom is 0.163 e. The first-order valence-corrected chi connectivity index (χ1v) is 5.28. The average Bonchev–Trinajstić information content (AvgIpc) is 2.87. The van der Waals surface area contributed by atoms with Gasteiger partial charge < -0.3 is 0 Å². The molecule has 1 heteroatoms. The van der Waals surface area contributed by atoms with Crippen LogP contribution in [0.4, 0.5) is 0 Å². The first-order valence-electron chi connectivity index (χ1n) is 5.28. The highest BCUT2D eigenvalue weighted by molar-refractivity contribution is 5.99. The van der Waals surface area contributed by atoms with Crippen molar-refractivity contribution in [3.05, 3.63) is 34.9 Å². The van der Waals surface area contributed by atoms with Gasteiger partial charge in [0, 0.05) is 12.0 Å². The number of carbonyl (C=O) groups is 1. The number of hydrogen-bond donors (Lipinski definition) is 0. The molecule has 1 aromatic carbocycles. The summed E-state index contributed by atoms with van der Waals surface area (Å²) in [5.41, 5.74) is 3.20. The first kappa shape index (κ1) is 9.45. The highest BCUT2D eigenvalue weighted by atomic mass is 16.1. The molecule has 0 radical (unpaired) electrons. The summed E-state index contributed by atoms with van der Waals surface area (Å²) in [6.45, 7) is 4.04. The Labute approximate surface area is 85.1 Å². The fourth-order valence-corrected chi connectivity index (χ4v) is 1.94. The van der Waals surface area contributed by atoms with Crippen LogP contribution in [0.15, 0.2) is 18.2 Å². The van der Waals surface area contributed by atoms with E-state index in [0.29, 0.717) is 11.7 Å². The van der Waals surface area contributed by atoms with Gasteiger partial charge in [0.25, 0.3) is 0 Å². The fraction of sp³-hybridized carbons (Fsp3) is 0.462. The Kier molecular flexibility index (Phi) is 2.40. The van der Waals surface area contributed by atoms with Crippen LogP contribution in [0.2, 0.25) is 0 Å². The molecule has 0 spiro atoms. The molecule has 1 aliphatic carbocycles. The van der Waals surface area contributed by atoms with E-state index in [9.17, 15) is 4.79 Å². The van der Waals surface area contributed by atoms with Crippen molar-refractivity contribution in [1.29, 1.82) is 0 Å². The molecule has 74 valence electrons. The Bertz CT molecular complexity index is 341. The molecule has 0 aliphatic heterocycles. The molecule has 14 heavy (non-hydrogen) atoms. The molecule has 2 rings (SSSR count). The topological polar surface area (TPSA) is 17.1 Å². The molecule has 0 amide bonds. The van der Waals surface area contributed by atoms with E-state index in [-0.39, 0.29) is 0 Å². The van der Waals surface area contributed by atoms with E-state index in [1.54, 1.807) is 0 Å². The van der Waals surface area contributed by atoms with E-state index in [0.717, 1.165) is 23.1 Å². The van der Waals surface area contributed by atoms with Crippen molar-refractivity contribution in [2.45, 2.75) is 33.1 Å². The number of benzene rings is 1. The summed E-state index contributed by atoms with van der Waals surface area (Å²) in [4.78, 5) is 11.9. The number of Topliss-reactive ketones (excluding diaryl/α,β-unsaturated/α-hetero) is 1. The van der Waals surface area contributed by atoms with Gasteiger partial charge in [0.2, 0.25) is 0 Å². The first-order chi connectivity index (χ1) is 6.68. The van der Waals surface area contributed by atoms with E-state index in [1.807, 2.05) is 32.0 Å². The summed E-state index contributed by atoms with van der Waals surface area (Å²) in [7, 11) is 0. The van der Waals surface area contributed by atoms with E-state index >= 15 is 0 Å². The van der Waals surface area contributed by atoms with Crippen LogP contribution in [0.1, 0.15) is 40.7 Å². The molecule has 0 atom stereocenters. The van der Waals surface area contributed by atoms with Gasteiger partial charge in [-0.15, -0.1) is 0 Å². The number of rotatable bonds is 3. The predicted octanol–water partition coefficient (Wildman–Crippen LogP) is 3.29. The molecule has 1 saturated carbocycles. The molecule has 0 saturated heterocycles. The minimum absolute atomic E-state index is 0.336. The van der Waals surface area contributed by atoms with Crippen molar-refractivity contribution in [2.75, 3.05) is 0 Å². The van der Waals surface area contributed by atoms with E-state index in [2.05, 4.69) is 0 Å². The van der Waals surface area contributed by atoms with Crippen LogP contribution in [0, 0.1) is 19.8 Å². The minimum atomic E-state index is 0.336. The van der Waals surface area contributed by atoms with Gasteiger partial charge in [-0.2, -0.15) is 0 Å². The third-order valence-corrected chi connectivity index (χ3v) is 2.93. The van der Waals surface area contributed by atoms with Gasteiger partial charge >= 0.3 is 0 Å². The molecule has 0 N–H and O–H groups in total. The Balaban J connectivity index is 2.24. The monoisotopic (exact) mass is 188 g/mol. The van der Waals surface area contributed by atoms with Gasteiger partial charge in [-0.25, -0.2) is 0 Å². The van der Waals surface area contributed by atoms with Crippen LogP contribution in [0.25, 0.3) is 0 Å². The minimum Gasteiger partial charge on any atom is -0.294 e. The van der Waals surface area contributed by atoms with Gasteiger partial charge in [-0.05, 0) is 43.7 Å². The van der Waals surface area contributed by atoms with E-state index in [1.165, 1.54) is 12.8 Å². The molecule has 0 heterocycles. The van der Waals surface area contributed by atoms with E-state index in [4.69, 9.17) is 0 Å². The van der Waals surface area contributed by atoms with Gasteiger partial charge in [0.1, 0.15) is 0 Å². The van der Waals surface area contributed by atoms with Crippen molar-refractivity contribution in [3.63, 3.8) is 0 Å². The van der Waals surface area contributed by atoms with Gasteiger partial charge in [-0.1, -0.05) is 18.2 Å². The lowest BCUT2D eigenvalue weighted by molar-refractivity contribution is 0.0975. The van der Waals surface area contributed by atoms with Crippen LogP contribution in [-0.4, -0.2) is 5.78 Å².